The summed E-state index contributed by atoms with van der Waals surface area (Å²) in [5.41, 5.74) is 1.94. The minimum Gasteiger partial charge on any atom is -0.435 e. The molecule has 1 atom stereocenters. The molecule has 0 amide bonds. The standard InChI is InChI=1S/C20H25F2N3OS/c1-25(2)14-6-13-23-20(27)24-18(15-7-4-3-5-8-15)16-9-11-17(12-10-16)26-19(21)22/h3-5,7-12,18-19H,6,13-14H2,1-2H3,(H2,23,24,27)/p+1/t18-/m1/s1. The fourth-order valence-corrected chi connectivity index (χ4v) is 2.89. The highest BCUT2D eigenvalue weighted by atomic mass is 32.1. The van der Waals surface area contributed by atoms with Crippen molar-refractivity contribution in [3.8, 4) is 5.75 Å². The molecule has 27 heavy (non-hydrogen) atoms. The normalized spacial score (nSPS) is 12.1. The van der Waals surface area contributed by atoms with Crippen LogP contribution in [-0.2, 0) is 0 Å². The molecule has 2 aromatic rings. The van der Waals surface area contributed by atoms with Crippen molar-refractivity contribution >= 4 is 17.3 Å². The van der Waals surface area contributed by atoms with E-state index in [1.54, 1.807) is 12.1 Å². The van der Waals surface area contributed by atoms with E-state index >= 15 is 0 Å². The molecule has 2 rings (SSSR count). The van der Waals surface area contributed by atoms with Gasteiger partial charge < -0.3 is 20.3 Å². The first kappa shape index (κ1) is 21.1. The maximum absolute atomic E-state index is 12.4. The number of thiocarbonyl (C=S) groups is 1. The van der Waals surface area contributed by atoms with Crippen LogP contribution < -0.4 is 20.3 Å². The molecule has 0 aromatic heterocycles. The lowest BCUT2D eigenvalue weighted by Crippen LogP contribution is -3.05. The molecule has 0 radical (unpaired) electrons. The summed E-state index contributed by atoms with van der Waals surface area (Å²) in [5, 5.41) is 7.11. The fraction of sp³-hybridized carbons (Fsp3) is 0.350. The summed E-state index contributed by atoms with van der Waals surface area (Å²) >= 11 is 5.44. The number of hydrogen-bond acceptors (Lipinski definition) is 2. The molecular formula is C20H26F2N3OS+. The fourth-order valence-electron chi connectivity index (χ4n) is 2.67. The van der Waals surface area contributed by atoms with Crippen molar-refractivity contribution in [1.29, 1.82) is 0 Å². The van der Waals surface area contributed by atoms with Crippen LogP contribution in [0.15, 0.2) is 54.6 Å². The number of hydrogen-bond donors (Lipinski definition) is 3. The van der Waals surface area contributed by atoms with E-state index in [9.17, 15) is 8.78 Å². The largest absolute Gasteiger partial charge is 0.435 e. The van der Waals surface area contributed by atoms with Crippen molar-refractivity contribution < 1.29 is 18.4 Å². The summed E-state index contributed by atoms with van der Waals surface area (Å²) in [4.78, 5) is 1.39. The van der Waals surface area contributed by atoms with Gasteiger partial charge >= 0.3 is 6.61 Å². The van der Waals surface area contributed by atoms with Crippen molar-refractivity contribution in [1.82, 2.24) is 10.6 Å². The van der Waals surface area contributed by atoms with Gasteiger partial charge in [-0.2, -0.15) is 8.78 Å². The summed E-state index contributed by atoms with van der Waals surface area (Å²) in [6.45, 7) is -0.983. The molecule has 7 heteroatoms. The molecule has 0 aliphatic heterocycles. The highest BCUT2D eigenvalue weighted by molar-refractivity contribution is 7.80. The molecule has 0 spiro atoms. The Hall–Kier alpha value is -2.25. The Balaban J connectivity index is 2.07. The van der Waals surface area contributed by atoms with Crippen LogP contribution in [0.1, 0.15) is 23.6 Å². The molecule has 0 unspecified atom stereocenters. The third-order valence-electron chi connectivity index (χ3n) is 3.99. The number of alkyl halides is 2. The molecule has 0 bridgehead atoms. The van der Waals surface area contributed by atoms with E-state index in [1.807, 2.05) is 30.3 Å². The van der Waals surface area contributed by atoms with Gasteiger partial charge in [0.25, 0.3) is 0 Å². The minimum atomic E-state index is -2.83. The number of benzene rings is 2. The molecule has 0 saturated carbocycles. The molecule has 0 heterocycles. The van der Waals surface area contributed by atoms with Crippen molar-refractivity contribution in [2.24, 2.45) is 0 Å². The van der Waals surface area contributed by atoms with Gasteiger partial charge in [0.1, 0.15) is 5.75 Å². The lowest BCUT2D eigenvalue weighted by molar-refractivity contribution is -0.858. The predicted octanol–water partition coefficient (Wildman–Crippen LogP) is 2.38. The first-order valence-corrected chi connectivity index (χ1v) is 9.29. The predicted molar refractivity (Wildman–Crippen MR) is 107 cm³/mol. The van der Waals surface area contributed by atoms with Crippen LogP contribution in [0.3, 0.4) is 0 Å². The lowest BCUT2D eigenvalue weighted by Gasteiger charge is -2.22. The van der Waals surface area contributed by atoms with Crippen molar-refractivity contribution in [2.45, 2.75) is 19.1 Å². The van der Waals surface area contributed by atoms with E-state index in [2.05, 4.69) is 29.5 Å². The van der Waals surface area contributed by atoms with Gasteiger partial charge in [0.15, 0.2) is 5.11 Å². The monoisotopic (exact) mass is 394 g/mol. The van der Waals surface area contributed by atoms with E-state index < -0.39 is 6.61 Å². The second-order valence-corrected chi connectivity index (χ2v) is 6.91. The quantitative estimate of drug-likeness (QED) is 0.451. The Labute approximate surface area is 164 Å². The molecule has 0 fully saturated rings. The maximum Gasteiger partial charge on any atom is 0.387 e. The van der Waals surface area contributed by atoms with E-state index in [4.69, 9.17) is 12.2 Å². The third-order valence-corrected chi connectivity index (χ3v) is 4.25. The SMILES string of the molecule is C[NH+](C)CCCNC(=S)N[C@H](c1ccccc1)c1ccc(OC(F)F)cc1. The highest BCUT2D eigenvalue weighted by Gasteiger charge is 2.15. The number of halogens is 2. The topological polar surface area (TPSA) is 37.7 Å². The molecule has 2 aromatic carbocycles. The van der Waals surface area contributed by atoms with Crippen LogP contribution in [-0.4, -0.2) is 38.9 Å². The summed E-state index contributed by atoms with van der Waals surface area (Å²) in [6, 6.07) is 16.3. The Kier molecular flexibility index (Phi) is 8.42. The van der Waals surface area contributed by atoms with E-state index in [1.165, 1.54) is 17.0 Å². The zero-order valence-corrected chi connectivity index (χ0v) is 16.4. The van der Waals surface area contributed by atoms with Crippen LogP contribution in [0.25, 0.3) is 0 Å². The number of nitrogens with one attached hydrogen (secondary N) is 3. The highest BCUT2D eigenvalue weighted by Crippen LogP contribution is 2.24. The number of quaternary nitrogens is 1. The molecule has 0 aliphatic rings. The van der Waals surface area contributed by atoms with Crippen LogP contribution in [0, 0.1) is 0 Å². The first-order valence-electron chi connectivity index (χ1n) is 8.89. The summed E-state index contributed by atoms with van der Waals surface area (Å²) in [5.74, 6) is 0.132. The van der Waals surface area contributed by atoms with E-state index in [0.717, 1.165) is 30.6 Å². The molecule has 3 N–H and O–H groups in total. The van der Waals surface area contributed by atoms with Crippen LogP contribution in [0.2, 0.25) is 0 Å². The van der Waals surface area contributed by atoms with E-state index in [-0.39, 0.29) is 11.8 Å². The second-order valence-electron chi connectivity index (χ2n) is 6.50. The molecular weight excluding hydrogens is 368 g/mol. The molecule has 0 saturated heterocycles. The van der Waals surface area contributed by atoms with Crippen molar-refractivity contribution in [2.75, 3.05) is 27.2 Å². The smallest absolute Gasteiger partial charge is 0.387 e. The Bertz CT molecular complexity index is 696. The van der Waals surface area contributed by atoms with Gasteiger partial charge in [0.05, 0.1) is 26.7 Å². The van der Waals surface area contributed by atoms with Gasteiger partial charge in [-0.3, -0.25) is 0 Å². The van der Waals surface area contributed by atoms with Crippen LogP contribution in [0.4, 0.5) is 8.78 Å². The van der Waals surface area contributed by atoms with Crippen molar-refractivity contribution in [3.05, 3.63) is 65.7 Å². The molecule has 0 aliphatic carbocycles. The molecule has 146 valence electrons. The third kappa shape index (κ3) is 7.48. The van der Waals surface area contributed by atoms with Gasteiger partial charge in [0, 0.05) is 13.0 Å². The van der Waals surface area contributed by atoms with E-state index in [0.29, 0.717) is 5.11 Å². The Morgan fingerprint density at radius 3 is 2.26 bits per heavy atom. The summed E-state index contributed by atoms with van der Waals surface area (Å²) in [6.07, 6.45) is 1.01. The zero-order chi connectivity index (χ0) is 19.6. The summed E-state index contributed by atoms with van der Waals surface area (Å²) in [7, 11) is 4.23. The van der Waals surface area contributed by atoms with Crippen molar-refractivity contribution in [3.63, 3.8) is 0 Å². The van der Waals surface area contributed by atoms with Crippen LogP contribution >= 0.6 is 12.2 Å². The molecule has 4 nitrogen and oxygen atoms in total. The van der Waals surface area contributed by atoms with Gasteiger partial charge in [-0.25, -0.2) is 0 Å². The minimum absolute atomic E-state index is 0.132. The van der Waals surface area contributed by atoms with Gasteiger partial charge in [-0.05, 0) is 35.5 Å². The zero-order valence-electron chi connectivity index (χ0n) is 15.5. The maximum atomic E-state index is 12.4. The Morgan fingerprint density at radius 1 is 1.04 bits per heavy atom. The summed E-state index contributed by atoms with van der Waals surface area (Å²) < 4.78 is 29.1. The lowest BCUT2D eigenvalue weighted by atomic mass is 9.99. The number of rotatable bonds is 9. The first-order chi connectivity index (χ1) is 13.0. The Morgan fingerprint density at radius 2 is 1.67 bits per heavy atom. The van der Waals surface area contributed by atoms with Gasteiger partial charge in [0.2, 0.25) is 0 Å². The van der Waals surface area contributed by atoms with Gasteiger partial charge in [-0.15, -0.1) is 0 Å². The average molecular weight is 395 g/mol. The number of ether oxygens (including phenoxy) is 1. The van der Waals surface area contributed by atoms with Crippen LogP contribution in [0.5, 0.6) is 5.75 Å². The second kappa shape index (κ2) is 10.8. The van der Waals surface area contributed by atoms with Gasteiger partial charge in [-0.1, -0.05) is 42.5 Å². The average Bonchev–Trinajstić information content (AvgIpc) is 2.64.